The van der Waals surface area contributed by atoms with Gasteiger partial charge in [0.2, 0.25) is 5.91 Å². The van der Waals surface area contributed by atoms with Gasteiger partial charge in [-0.15, -0.1) is 0 Å². The molecule has 0 aliphatic heterocycles. The Balaban J connectivity index is 2.04. The molecule has 0 radical (unpaired) electrons. The van der Waals surface area contributed by atoms with Crippen molar-refractivity contribution in [2.24, 2.45) is 5.73 Å². The molecule has 0 saturated carbocycles. The first-order valence-corrected chi connectivity index (χ1v) is 6.91. The Morgan fingerprint density at radius 1 is 1.14 bits per heavy atom. The van der Waals surface area contributed by atoms with Gasteiger partial charge in [0.25, 0.3) is 0 Å². The average Bonchev–Trinajstić information content (AvgIpc) is 2.48. The first-order chi connectivity index (χ1) is 10.0. The third-order valence-electron chi connectivity index (χ3n) is 3.29. The molecular weight excluding hydrogens is 267 g/mol. The van der Waals surface area contributed by atoms with Crippen molar-refractivity contribution in [2.45, 2.75) is 26.3 Å². The number of nitrogens with zero attached hydrogens (tertiary/aromatic N) is 1. The maximum atomic E-state index is 14.2. The summed E-state index contributed by atoms with van der Waals surface area (Å²) in [5, 5.41) is 0.707. The largest absolute Gasteiger partial charge is 0.370 e. The number of benzene rings is 2. The van der Waals surface area contributed by atoms with Gasteiger partial charge in [-0.05, 0) is 36.6 Å². The number of primary amides is 1. The minimum atomic E-state index is -0.350. The van der Waals surface area contributed by atoms with Crippen LogP contribution < -0.4 is 10.9 Å². The number of carbonyl (C=O) groups is 1. The number of rotatable bonds is 6. The molecule has 0 heterocycles. The Bertz CT molecular complexity index is 610. The van der Waals surface area contributed by atoms with Crippen molar-refractivity contribution in [1.82, 2.24) is 0 Å². The van der Waals surface area contributed by atoms with Gasteiger partial charge in [-0.2, -0.15) is 0 Å². The van der Waals surface area contributed by atoms with E-state index in [1.165, 1.54) is 0 Å². The molecule has 0 atom stereocenters. The molecule has 0 aliphatic rings. The van der Waals surface area contributed by atoms with Crippen molar-refractivity contribution in [3.05, 3.63) is 65.2 Å². The van der Waals surface area contributed by atoms with E-state index in [-0.39, 0.29) is 18.9 Å². The Kier molecular flexibility index (Phi) is 4.93. The zero-order chi connectivity index (χ0) is 15.2. The van der Waals surface area contributed by atoms with Gasteiger partial charge in [0.05, 0.1) is 12.2 Å². The molecule has 21 heavy (non-hydrogen) atoms. The minimum Gasteiger partial charge on any atom is -0.370 e. The quantitative estimate of drug-likeness (QED) is 0.828. The summed E-state index contributed by atoms with van der Waals surface area (Å²) >= 11 is 0. The van der Waals surface area contributed by atoms with Crippen LogP contribution in [0.5, 0.6) is 0 Å². The summed E-state index contributed by atoms with van der Waals surface area (Å²) < 4.78 is 14.2. The number of aryl methyl sites for hydroxylation is 2. The topological polar surface area (TPSA) is 46.3 Å². The van der Waals surface area contributed by atoms with Crippen LogP contribution in [0.15, 0.2) is 48.5 Å². The van der Waals surface area contributed by atoms with Gasteiger partial charge in [-0.25, -0.2) is 5.12 Å². The summed E-state index contributed by atoms with van der Waals surface area (Å²) in [6.45, 7) is 2.19. The van der Waals surface area contributed by atoms with Gasteiger partial charge in [-0.3, -0.25) is 4.79 Å². The Morgan fingerprint density at radius 2 is 1.86 bits per heavy atom. The molecule has 2 N–H and O–H groups in total. The number of anilines is 1. The Labute approximate surface area is 124 Å². The summed E-state index contributed by atoms with van der Waals surface area (Å²) in [6.07, 6.45) is 0.801. The fourth-order valence-electron chi connectivity index (χ4n) is 2.08. The maximum absolute atomic E-state index is 14.2. The van der Waals surface area contributed by atoms with Crippen LogP contribution in [0.4, 0.5) is 10.2 Å². The van der Waals surface area contributed by atoms with E-state index in [4.69, 9.17) is 5.73 Å². The van der Waals surface area contributed by atoms with Crippen molar-refractivity contribution >= 4 is 11.6 Å². The fraction of sp³-hybridized carbons (Fsp3) is 0.235. The van der Waals surface area contributed by atoms with Crippen LogP contribution in [0.2, 0.25) is 0 Å². The molecule has 110 valence electrons. The van der Waals surface area contributed by atoms with Gasteiger partial charge < -0.3 is 5.73 Å². The molecular formula is C17H19FN2O. The van der Waals surface area contributed by atoms with Crippen LogP contribution in [0.1, 0.15) is 23.1 Å². The molecule has 0 aliphatic carbocycles. The molecule has 0 spiro atoms. The highest BCUT2D eigenvalue weighted by Crippen LogP contribution is 2.20. The molecule has 2 aromatic carbocycles. The summed E-state index contributed by atoms with van der Waals surface area (Å²) in [7, 11) is 0. The van der Waals surface area contributed by atoms with Crippen molar-refractivity contribution in [3.63, 3.8) is 0 Å². The highest BCUT2D eigenvalue weighted by atomic mass is 19.2. The molecule has 0 saturated heterocycles. The molecule has 0 fully saturated rings. The smallest absolute Gasteiger partial charge is 0.217 e. The molecule has 2 aromatic rings. The van der Waals surface area contributed by atoms with E-state index in [0.29, 0.717) is 17.2 Å². The molecule has 2 rings (SSSR count). The van der Waals surface area contributed by atoms with Gasteiger partial charge in [-0.1, -0.05) is 46.4 Å². The highest BCUT2D eigenvalue weighted by molar-refractivity contribution is 5.74. The lowest BCUT2D eigenvalue weighted by atomic mass is 10.1. The van der Waals surface area contributed by atoms with Crippen molar-refractivity contribution in [3.8, 4) is 0 Å². The summed E-state index contributed by atoms with van der Waals surface area (Å²) in [4.78, 5) is 10.8. The zero-order valence-electron chi connectivity index (χ0n) is 12.1. The predicted octanol–water partition coefficient (Wildman–Crippen LogP) is 3.30. The lowest BCUT2D eigenvalue weighted by Gasteiger charge is -2.15. The third-order valence-corrected chi connectivity index (χ3v) is 3.29. The van der Waals surface area contributed by atoms with Crippen LogP contribution in [0.25, 0.3) is 0 Å². The number of nitrogens with two attached hydrogens (primary N) is 1. The standard InChI is InChI=1S/C17H19FN2O/c1-13-5-7-15(8-6-13)12-20(18)16-4-2-3-14(11-16)9-10-17(19)21/h2-8,11H,9-10,12H2,1H3,(H2,19,21). The molecule has 0 bridgehead atoms. The number of carbonyl (C=O) groups excluding carboxylic acids is 1. The number of hydrogen-bond acceptors (Lipinski definition) is 2. The predicted molar refractivity (Wildman–Crippen MR) is 82.4 cm³/mol. The van der Waals surface area contributed by atoms with Crippen molar-refractivity contribution in [1.29, 1.82) is 0 Å². The molecule has 0 unspecified atom stereocenters. The molecule has 0 aromatic heterocycles. The Morgan fingerprint density at radius 3 is 2.52 bits per heavy atom. The summed E-state index contributed by atoms with van der Waals surface area (Å²) in [5.41, 5.74) is 8.57. The number of amides is 1. The highest BCUT2D eigenvalue weighted by Gasteiger charge is 2.07. The van der Waals surface area contributed by atoms with Crippen molar-refractivity contribution < 1.29 is 9.28 Å². The van der Waals surface area contributed by atoms with Crippen LogP contribution in [0.3, 0.4) is 0 Å². The van der Waals surface area contributed by atoms with E-state index in [1.54, 1.807) is 18.2 Å². The maximum Gasteiger partial charge on any atom is 0.217 e. The van der Waals surface area contributed by atoms with Gasteiger partial charge in [0, 0.05) is 6.42 Å². The molecule has 1 amide bonds. The SMILES string of the molecule is Cc1ccc(CN(F)c2cccc(CCC(N)=O)c2)cc1. The molecule has 3 nitrogen and oxygen atoms in total. The van der Waals surface area contributed by atoms with Gasteiger partial charge >= 0.3 is 0 Å². The normalized spacial score (nSPS) is 10.4. The van der Waals surface area contributed by atoms with E-state index < -0.39 is 0 Å². The second-order valence-electron chi connectivity index (χ2n) is 5.14. The Hall–Kier alpha value is -2.36. The second kappa shape index (κ2) is 6.88. The number of hydrogen-bond donors (Lipinski definition) is 1. The summed E-state index contributed by atoms with van der Waals surface area (Å²) in [6, 6.07) is 14.9. The lowest BCUT2D eigenvalue weighted by molar-refractivity contribution is -0.117. The minimum absolute atomic E-state index is 0.194. The lowest BCUT2D eigenvalue weighted by Crippen LogP contribution is -2.13. The van der Waals surface area contributed by atoms with Crippen LogP contribution in [0, 0.1) is 6.92 Å². The van der Waals surface area contributed by atoms with Crippen LogP contribution in [-0.2, 0) is 17.8 Å². The third kappa shape index (κ3) is 4.60. The average molecular weight is 286 g/mol. The van der Waals surface area contributed by atoms with Crippen molar-refractivity contribution in [2.75, 3.05) is 5.12 Å². The van der Waals surface area contributed by atoms with Gasteiger partial charge in [0.15, 0.2) is 0 Å². The first-order valence-electron chi connectivity index (χ1n) is 6.91. The monoisotopic (exact) mass is 286 g/mol. The van der Waals surface area contributed by atoms with E-state index >= 15 is 0 Å². The first kappa shape index (κ1) is 15.0. The van der Waals surface area contributed by atoms with Gasteiger partial charge in [0.1, 0.15) is 0 Å². The van der Waals surface area contributed by atoms with Crippen LogP contribution in [-0.4, -0.2) is 5.91 Å². The number of halogens is 1. The van der Waals surface area contributed by atoms with E-state index in [9.17, 15) is 9.28 Å². The van der Waals surface area contributed by atoms with Crippen LogP contribution >= 0.6 is 0 Å². The van der Waals surface area contributed by atoms with E-state index in [0.717, 1.165) is 16.7 Å². The fourth-order valence-corrected chi connectivity index (χ4v) is 2.08. The summed E-state index contributed by atoms with van der Waals surface area (Å²) in [5.74, 6) is -0.350. The zero-order valence-corrected chi connectivity index (χ0v) is 12.1. The second-order valence-corrected chi connectivity index (χ2v) is 5.14. The molecule has 4 heteroatoms. The van der Waals surface area contributed by atoms with E-state index in [1.807, 2.05) is 37.3 Å². The van der Waals surface area contributed by atoms with E-state index in [2.05, 4.69) is 0 Å².